The summed E-state index contributed by atoms with van der Waals surface area (Å²) in [6, 6.07) is 1.44. The number of nitrogens with zero attached hydrogens (tertiary/aromatic N) is 3. The smallest absolute Gasteiger partial charge is 0.240 e. The molecule has 0 aliphatic carbocycles. The maximum atomic E-state index is 12.3. The van der Waals surface area contributed by atoms with Crippen molar-refractivity contribution in [2.75, 3.05) is 6.54 Å². The van der Waals surface area contributed by atoms with Crippen molar-refractivity contribution in [1.29, 1.82) is 0 Å². The second-order valence-corrected chi connectivity index (χ2v) is 6.27. The molecule has 3 N–H and O–H groups in total. The Morgan fingerprint density at radius 3 is 3.09 bits per heavy atom. The number of likely N-dealkylation sites (tertiary alicyclic amines) is 1. The third-order valence-electron chi connectivity index (χ3n) is 3.83. The zero-order valence-corrected chi connectivity index (χ0v) is 13.5. The number of rotatable bonds is 4. The van der Waals surface area contributed by atoms with Crippen LogP contribution in [0.5, 0.6) is 0 Å². The maximum Gasteiger partial charge on any atom is 0.240 e. The summed E-state index contributed by atoms with van der Waals surface area (Å²) >= 11 is 3.35. The van der Waals surface area contributed by atoms with E-state index in [1.54, 1.807) is 11.1 Å². The number of primary amides is 1. The molecule has 7 nitrogen and oxygen atoms in total. The lowest BCUT2D eigenvalue weighted by atomic mass is 10.2. The molecule has 1 saturated heterocycles. The lowest BCUT2D eigenvalue weighted by Crippen LogP contribution is -2.43. The number of aromatic nitrogens is 3. The highest BCUT2D eigenvalue weighted by Crippen LogP contribution is 2.19. The molecule has 2 aromatic rings. The van der Waals surface area contributed by atoms with E-state index in [-0.39, 0.29) is 5.91 Å². The predicted molar refractivity (Wildman–Crippen MR) is 83.8 cm³/mol. The highest BCUT2D eigenvalue weighted by molar-refractivity contribution is 9.10. The Morgan fingerprint density at radius 2 is 2.32 bits per heavy atom. The average Bonchev–Trinajstić information content (AvgIpc) is 3.10. The van der Waals surface area contributed by atoms with Crippen molar-refractivity contribution in [3.63, 3.8) is 0 Å². The standard InChI is InChI=1S/C14H16BrN5O2/c15-8-6-9-14(17-7-8)19-11(18-9)3-4-12(21)20-5-1-2-10(20)13(16)22/h6-7,10H,1-5H2,(H2,16,22)(H,17,18,19)/t10-/m0/s1. The lowest BCUT2D eigenvalue weighted by molar-refractivity contribution is -0.137. The van der Waals surface area contributed by atoms with Crippen molar-refractivity contribution in [2.24, 2.45) is 5.73 Å². The summed E-state index contributed by atoms with van der Waals surface area (Å²) in [5, 5.41) is 0. The number of fused-ring (bicyclic) bond motifs is 1. The number of pyridine rings is 1. The number of hydrogen-bond donors (Lipinski definition) is 2. The van der Waals surface area contributed by atoms with Gasteiger partial charge < -0.3 is 15.6 Å². The second kappa shape index (κ2) is 6.04. The molecule has 0 radical (unpaired) electrons. The Kier molecular flexibility index (Phi) is 4.10. The van der Waals surface area contributed by atoms with Crippen molar-refractivity contribution in [3.05, 3.63) is 22.6 Å². The van der Waals surface area contributed by atoms with Gasteiger partial charge in [-0.05, 0) is 34.8 Å². The van der Waals surface area contributed by atoms with Crippen LogP contribution in [0.1, 0.15) is 25.1 Å². The Balaban J connectivity index is 1.66. The van der Waals surface area contributed by atoms with E-state index in [1.165, 1.54) is 0 Å². The molecule has 1 aliphatic heterocycles. The summed E-state index contributed by atoms with van der Waals surface area (Å²) in [7, 11) is 0. The van der Waals surface area contributed by atoms with Crippen LogP contribution in [-0.2, 0) is 16.0 Å². The fraction of sp³-hybridized carbons (Fsp3) is 0.429. The predicted octanol–water partition coefficient (Wildman–Crippen LogP) is 1.13. The largest absolute Gasteiger partial charge is 0.368 e. The summed E-state index contributed by atoms with van der Waals surface area (Å²) in [4.78, 5) is 36.9. The molecule has 3 heterocycles. The second-order valence-electron chi connectivity index (χ2n) is 5.36. The first-order valence-corrected chi connectivity index (χ1v) is 7.93. The summed E-state index contributed by atoms with van der Waals surface area (Å²) in [6.45, 7) is 0.598. The quantitative estimate of drug-likeness (QED) is 0.846. The van der Waals surface area contributed by atoms with Crippen molar-refractivity contribution < 1.29 is 9.59 Å². The van der Waals surface area contributed by atoms with Crippen molar-refractivity contribution >= 4 is 38.9 Å². The first-order valence-electron chi connectivity index (χ1n) is 7.13. The molecular weight excluding hydrogens is 350 g/mol. The van der Waals surface area contributed by atoms with E-state index >= 15 is 0 Å². The fourth-order valence-corrected chi connectivity index (χ4v) is 3.10. The summed E-state index contributed by atoms with van der Waals surface area (Å²) in [5.74, 6) is 0.225. The van der Waals surface area contributed by atoms with E-state index in [9.17, 15) is 9.59 Å². The van der Waals surface area contributed by atoms with E-state index in [0.717, 1.165) is 16.4 Å². The van der Waals surface area contributed by atoms with Crippen molar-refractivity contribution in [2.45, 2.75) is 31.7 Å². The molecular formula is C14H16BrN5O2. The molecule has 22 heavy (non-hydrogen) atoms. The van der Waals surface area contributed by atoms with Gasteiger partial charge in [0.2, 0.25) is 11.8 Å². The highest BCUT2D eigenvalue weighted by atomic mass is 79.9. The van der Waals surface area contributed by atoms with Gasteiger partial charge in [-0.25, -0.2) is 9.97 Å². The fourth-order valence-electron chi connectivity index (χ4n) is 2.77. The van der Waals surface area contributed by atoms with E-state index in [1.807, 2.05) is 6.07 Å². The summed E-state index contributed by atoms with van der Waals surface area (Å²) in [5.41, 5.74) is 6.79. The van der Waals surface area contributed by atoms with Crippen LogP contribution < -0.4 is 5.73 Å². The van der Waals surface area contributed by atoms with E-state index in [2.05, 4.69) is 30.9 Å². The van der Waals surface area contributed by atoms with E-state index < -0.39 is 11.9 Å². The monoisotopic (exact) mass is 365 g/mol. The van der Waals surface area contributed by atoms with Crippen LogP contribution in [0.3, 0.4) is 0 Å². The van der Waals surface area contributed by atoms with Crippen LogP contribution in [0.4, 0.5) is 0 Å². The normalized spacial score (nSPS) is 18.0. The molecule has 2 amide bonds. The Morgan fingerprint density at radius 1 is 1.50 bits per heavy atom. The molecule has 8 heteroatoms. The average molecular weight is 366 g/mol. The van der Waals surface area contributed by atoms with Gasteiger partial charge in [-0.15, -0.1) is 0 Å². The minimum atomic E-state index is -0.458. The number of aryl methyl sites for hydroxylation is 1. The van der Waals surface area contributed by atoms with E-state index in [0.29, 0.717) is 37.3 Å². The van der Waals surface area contributed by atoms with Gasteiger partial charge in [-0.3, -0.25) is 9.59 Å². The molecule has 0 aromatic carbocycles. The number of H-pyrrole nitrogens is 1. The third-order valence-corrected chi connectivity index (χ3v) is 4.26. The minimum Gasteiger partial charge on any atom is -0.368 e. The number of amides is 2. The van der Waals surface area contributed by atoms with Crippen LogP contribution >= 0.6 is 15.9 Å². The highest BCUT2D eigenvalue weighted by Gasteiger charge is 2.32. The number of hydrogen-bond acceptors (Lipinski definition) is 4. The van der Waals surface area contributed by atoms with Crippen LogP contribution in [-0.4, -0.2) is 44.3 Å². The minimum absolute atomic E-state index is 0.0594. The van der Waals surface area contributed by atoms with Crippen LogP contribution in [0.15, 0.2) is 16.7 Å². The van der Waals surface area contributed by atoms with Gasteiger partial charge in [0.25, 0.3) is 0 Å². The third kappa shape index (κ3) is 2.96. The van der Waals surface area contributed by atoms with Gasteiger partial charge in [0, 0.05) is 30.1 Å². The van der Waals surface area contributed by atoms with Gasteiger partial charge in [0.15, 0.2) is 5.65 Å². The SMILES string of the molecule is NC(=O)[C@@H]1CCCN1C(=O)CCc1nc2ncc(Br)cc2[nH]1. The van der Waals surface area contributed by atoms with E-state index in [4.69, 9.17) is 5.73 Å². The van der Waals surface area contributed by atoms with Crippen LogP contribution in [0.25, 0.3) is 11.2 Å². The van der Waals surface area contributed by atoms with Gasteiger partial charge >= 0.3 is 0 Å². The summed E-state index contributed by atoms with van der Waals surface area (Å²) in [6.07, 6.45) is 3.94. The van der Waals surface area contributed by atoms with Gasteiger partial charge in [-0.2, -0.15) is 0 Å². The zero-order chi connectivity index (χ0) is 15.7. The zero-order valence-electron chi connectivity index (χ0n) is 11.9. The van der Waals surface area contributed by atoms with Gasteiger partial charge in [0.1, 0.15) is 11.9 Å². The molecule has 1 atom stereocenters. The molecule has 0 spiro atoms. The lowest BCUT2D eigenvalue weighted by Gasteiger charge is -2.21. The van der Waals surface area contributed by atoms with Crippen molar-refractivity contribution in [1.82, 2.24) is 19.9 Å². The number of aromatic amines is 1. The molecule has 0 saturated carbocycles. The van der Waals surface area contributed by atoms with Gasteiger partial charge in [0.05, 0.1) is 5.52 Å². The number of nitrogens with two attached hydrogens (primary N) is 1. The Labute approximate surface area is 135 Å². The number of nitrogens with one attached hydrogen (secondary N) is 1. The molecule has 0 unspecified atom stereocenters. The number of carbonyl (C=O) groups is 2. The Hall–Kier alpha value is -1.96. The molecule has 1 aliphatic rings. The molecule has 2 aromatic heterocycles. The molecule has 1 fully saturated rings. The molecule has 0 bridgehead atoms. The first kappa shape index (κ1) is 15.0. The van der Waals surface area contributed by atoms with Crippen LogP contribution in [0, 0.1) is 0 Å². The molecule has 3 rings (SSSR count). The first-order chi connectivity index (χ1) is 10.5. The Bertz CT molecular complexity index is 729. The van der Waals surface area contributed by atoms with Crippen LogP contribution in [0.2, 0.25) is 0 Å². The van der Waals surface area contributed by atoms with Crippen molar-refractivity contribution in [3.8, 4) is 0 Å². The maximum absolute atomic E-state index is 12.3. The molecule has 116 valence electrons. The number of imidazole rings is 1. The number of carbonyl (C=O) groups excluding carboxylic acids is 2. The van der Waals surface area contributed by atoms with Gasteiger partial charge in [-0.1, -0.05) is 0 Å². The summed E-state index contributed by atoms with van der Waals surface area (Å²) < 4.78 is 0.868. The topological polar surface area (TPSA) is 105 Å². The number of halogens is 1.